The number of aromatic carboxylic acids is 1. The van der Waals surface area contributed by atoms with E-state index in [0.717, 1.165) is 83.7 Å². The van der Waals surface area contributed by atoms with Gasteiger partial charge < -0.3 is 65.2 Å². The molecule has 1 rings (SSSR count). The minimum Gasteiger partial charge on any atom is -0.494 e. The number of carbonyl (C=O) groups excluding carboxylic acids is 6. The Balaban J connectivity index is -0.000000241. The number of hydrogen-bond donors (Lipinski definition) is 8. The molecule has 1 aromatic carbocycles. The fourth-order valence-electron chi connectivity index (χ4n) is 4.28. The second kappa shape index (κ2) is 57.7. The lowest BCUT2D eigenvalue weighted by Gasteiger charge is -2.07. The van der Waals surface area contributed by atoms with Crippen molar-refractivity contribution >= 4 is 50.3 Å². The van der Waals surface area contributed by atoms with Crippen LogP contribution in [0.4, 0.5) is 0 Å². The van der Waals surface area contributed by atoms with E-state index >= 15 is 0 Å². The second-order valence-electron chi connectivity index (χ2n) is 12.9. The van der Waals surface area contributed by atoms with Crippen LogP contribution in [-0.2, 0) is 43.0 Å². The zero-order chi connectivity index (χ0) is 47.3. The van der Waals surface area contributed by atoms with Crippen molar-refractivity contribution in [3.05, 3.63) is 29.8 Å². The van der Waals surface area contributed by atoms with Gasteiger partial charge >= 0.3 is 5.97 Å². The highest BCUT2D eigenvalue weighted by Crippen LogP contribution is 2.14. The molecule has 0 aromatic heterocycles. The maximum Gasteiger partial charge on any atom is 0.335 e. The van der Waals surface area contributed by atoms with E-state index in [2.05, 4.69) is 16.0 Å². The van der Waals surface area contributed by atoms with Crippen LogP contribution in [0.1, 0.15) is 122 Å². The summed E-state index contributed by atoms with van der Waals surface area (Å²) in [5, 5.41) is 33.5. The van der Waals surface area contributed by atoms with Gasteiger partial charge in [-0.15, -0.1) is 0 Å². The fraction of sp³-hybridized carbons (Fsp3) is 0.698. The summed E-state index contributed by atoms with van der Waals surface area (Å²) in [5.74, 6) is -0.964. The number of aliphatic hydroxyl groups excluding tert-OH is 1. The number of carboxylic acid groups (broad SMARTS) is 1. The lowest BCUT2D eigenvalue weighted by atomic mass is 9.92. The number of hydrogen-bond acceptors (Lipinski definition) is 15. The highest BCUT2D eigenvalue weighted by atomic mass is 16.5. The van der Waals surface area contributed by atoms with Gasteiger partial charge in [-0.3, -0.25) is 19.6 Å². The van der Waals surface area contributed by atoms with Gasteiger partial charge in [0.05, 0.1) is 50.3 Å². The molecule has 0 aliphatic rings. The number of amides is 3. The fourth-order valence-corrected chi connectivity index (χ4v) is 4.28. The maximum atomic E-state index is 10.8. The summed E-state index contributed by atoms with van der Waals surface area (Å²) in [6.45, 7) is 10.3. The van der Waals surface area contributed by atoms with Crippen LogP contribution in [0.15, 0.2) is 24.3 Å². The third-order valence-electron chi connectivity index (χ3n) is 7.71. The number of nitrogens with two attached hydrogens (primary N) is 1. The second-order valence-corrected chi connectivity index (χ2v) is 12.9. The van der Waals surface area contributed by atoms with E-state index in [9.17, 15) is 33.6 Å². The molecule has 2 radical (unpaired) electrons. The predicted octanol–water partition coefficient (Wildman–Crippen LogP) is 2.90. The van der Waals surface area contributed by atoms with Gasteiger partial charge in [0.25, 0.3) is 0 Å². The van der Waals surface area contributed by atoms with Crippen molar-refractivity contribution in [2.24, 2.45) is 5.73 Å². The monoisotopic (exact) mass is 902 g/mol. The number of aliphatic hydroxyl groups is 1. The lowest BCUT2D eigenvalue weighted by Crippen LogP contribution is -2.31. The van der Waals surface area contributed by atoms with Crippen molar-refractivity contribution in [1.29, 1.82) is 0 Å². The van der Waals surface area contributed by atoms with Gasteiger partial charge in [-0.1, -0.05) is 39.5 Å². The first kappa shape index (κ1) is 67.8. The lowest BCUT2D eigenvalue weighted by molar-refractivity contribution is -0.129. The number of ether oxygens (including phenoxy) is 4. The highest BCUT2D eigenvalue weighted by molar-refractivity contribution is 6.59. The first-order chi connectivity index (χ1) is 29.9. The van der Waals surface area contributed by atoms with Crippen LogP contribution in [0.2, 0.25) is 0 Å². The van der Waals surface area contributed by atoms with Crippen molar-refractivity contribution < 1.29 is 67.9 Å². The topological polar surface area (TPSA) is 291 Å². The molecule has 0 bridgehead atoms. The van der Waals surface area contributed by atoms with Crippen LogP contribution < -0.4 is 31.9 Å². The standard InChI is InChI=1S/C17H25NO5.C8H15BN2O3.C7H17NO2.C5H11NO2.C5H8O2.CH4/c19-16(18-22)8-6-4-2-1-3-5-7-13-23-15-11-9-14(10-12-15)17(20)21;9-8(14)6(10)3-1-2-4-11-7(13)5-12;1-3-9-6-7-10-5-4-8-2;1-2-8-4-3-6-5-7;6-4-2-1-3-5-7;/h9-12,22H,1-8,13H2,(H,18,19)(H,20,21);6,12H,1-5,10H2,(H,11,13);8H,3-7H2,1-2H3;5H,2-4H2,1H3,(H,6,7);4-5H,1-3H2;1H4/t;6-;;;;/m.0..../s1. The molecule has 0 aliphatic heterocycles. The normalized spacial score (nSPS) is 10.1. The smallest absolute Gasteiger partial charge is 0.335 e. The summed E-state index contributed by atoms with van der Waals surface area (Å²) >= 11 is 0. The molecule has 0 saturated carbocycles. The van der Waals surface area contributed by atoms with Gasteiger partial charge in [0.2, 0.25) is 18.2 Å². The van der Waals surface area contributed by atoms with E-state index in [1.54, 1.807) is 17.6 Å². The zero-order valence-corrected chi connectivity index (χ0v) is 37.3. The first-order valence-electron chi connectivity index (χ1n) is 21.2. The molecule has 3 amide bonds. The van der Waals surface area contributed by atoms with E-state index in [4.69, 9.17) is 47.9 Å². The number of rotatable bonds is 35. The van der Waals surface area contributed by atoms with Crippen LogP contribution in [0.25, 0.3) is 0 Å². The Morgan fingerprint density at radius 1 is 0.730 bits per heavy atom. The van der Waals surface area contributed by atoms with E-state index < -0.39 is 30.2 Å². The molecule has 0 fully saturated rings. The van der Waals surface area contributed by atoms with Gasteiger partial charge in [0.15, 0.2) is 7.85 Å². The van der Waals surface area contributed by atoms with Crippen molar-refractivity contribution in [1.82, 2.24) is 21.4 Å². The number of unbranched alkanes of at least 4 members (excludes halogenated alkanes) is 9. The van der Waals surface area contributed by atoms with Crippen LogP contribution in [0, 0.1) is 0 Å². The Morgan fingerprint density at radius 3 is 1.79 bits per heavy atom. The molecule has 1 aromatic rings. The third kappa shape index (κ3) is 59.8. The number of carboxylic acids is 1. The van der Waals surface area contributed by atoms with E-state index in [-0.39, 0.29) is 18.9 Å². The molecule has 19 nitrogen and oxygen atoms in total. The Labute approximate surface area is 377 Å². The van der Waals surface area contributed by atoms with Gasteiger partial charge in [-0.05, 0) is 83.7 Å². The summed E-state index contributed by atoms with van der Waals surface area (Å²) in [6.07, 6.45) is 13.6. The number of likely N-dealkylation sites (N-methyl/N-ethyl adjacent to an activating group) is 1. The molecular weight excluding hydrogens is 821 g/mol. The van der Waals surface area contributed by atoms with Gasteiger partial charge in [0.1, 0.15) is 24.9 Å². The van der Waals surface area contributed by atoms with Crippen LogP contribution in [0.5, 0.6) is 5.75 Å². The largest absolute Gasteiger partial charge is 0.494 e. The summed E-state index contributed by atoms with van der Waals surface area (Å²) in [7, 11) is 6.86. The molecule has 0 spiro atoms. The van der Waals surface area contributed by atoms with Crippen molar-refractivity contribution in [2.75, 3.05) is 79.5 Å². The molecule has 364 valence electrons. The molecule has 63 heavy (non-hydrogen) atoms. The summed E-state index contributed by atoms with van der Waals surface area (Å²) < 4.78 is 20.7. The third-order valence-corrected chi connectivity index (χ3v) is 7.71. The number of hydroxylamine groups is 1. The molecule has 0 heterocycles. The Bertz CT molecular complexity index is 1190. The number of nitrogens with one attached hydrogen (secondary N) is 4. The van der Waals surface area contributed by atoms with Crippen LogP contribution >= 0.6 is 0 Å². The average Bonchev–Trinajstić information content (AvgIpc) is 3.27. The van der Waals surface area contributed by atoms with E-state index in [0.29, 0.717) is 96.8 Å². The zero-order valence-electron chi connectivity index (χ0n) is 37.3. The summed E-state index contributed by atoms with van der Waals surface area (Å²) in [5.41, 5.74) is 6.76. The van der Waals surface area contributed by atoms with Gasteiger partial charge in [0, 0.05) is 52.1 Å². The maximum absolute atomic E-state index is 10.8. The van der Waals surface area contributed by atoms with E-state index in [1.165, 1.54) is 12.1 Å². The minimum atomic E-state index is -0.937. The molecule has 0 unspecified atom stereocenters. The van der Waals surface area contributed by atoms with Crippen LogP contribution in [-0.4, -0.2) is 151 Å². The number of aldehydes is 2. The summed E-state index contributed by atoms with van der Waals surface area (Å²) in [6, 6.07) is 5.81. The Morgan fingerprint density at radius 2 is 1.29 bits per heavy atom. The van der Waals surface area contributed by atoms with Crippen molar-refractivity contribution in [3.8, 4) is 5.75 Å². The predicted molar refractivity (Wildman–Crippen MR) is 243 cm³/mol. The van der Waals surface area contributed by atoms with Crippen molar-refractivity contribution in [2.45, 2.75) is 117 Å². The quantitative estimate of drug-likeness (QED) is 0.0160. The number of benzene rings is 1. The molecule has 9 N–H and O–H groups in total. The van der Waals surface area contributed by atoms with Crippen molar-refractivity contribution in [3.63, 3.8) is 0 Å². The molecular formula is C43H80BN5O14. The molecule has 0 aliphatic carbocycles. The SMILES string of the molecule is C.CCOCCNC=O.CCOCCOCCNC.O=C(CCCCCCCCCOc1ccc(C(=O)O)cc1)NO.O=CCCCC=O.[B]C(=O)[C@@H](N)CCCCNC(=O)CO. The van der Waals surface area contributed by atoms with Gasteiger partial charge in [-0.2, -0.15) is 0 Å². The molecule has 1 atom stereocenters. The molecule has 20 heteroatoms. The molecule has 0 saturated heterocycles. The average molecular weight is 902 g/mol. The Kier molecular flexibility index (Phi) is 62.1. The van der Waals surface area contributed by atoms with Crippen LogP contribution in [0.3, 0.4) is 0 Å². The highest BCUT2D eigenvalue weighted by Gasteiger charge is 2.06. The van der Waals surface area contributed by atoms with E-state index in [1.807, 2.05) is 20.9 Å². The minimum absolute atomic E-state index is 0. The van der Waals surface area contributed by atoms with Gasteiger partial charge in [-0.25, -0.2) is 10.3 Å². The Hall–Kier alpha value is -4.31. The summed E-state index contributed by atoms with van der Waals surface area (Å²) in [4.78, 5) is 71.3. The first-order valence-corrected chi connectivity index (χ1v) is 21.2. The number of carbonyl (C=O) groups is 7.